The number of aromatic amines is 1. The van der Waals surface area contributed by atoms with E-state index in [4.69, 9.17) is 0 Å². The molecule has 12 heteroatoms. The van der Waals surface area contributed by atoms with E-state index in [-0.39, 0.29) is 23.5 Å². The second-order valence-electron chi connectivity index (χ2n) is 7.63. The molecule has 2 amide bonds. The van der Waals surface area contributed by atoms with Gasteiger partial charge in [0.25, 0.3) is 5.91 Å². The summed E-state index contributed by atoms with van der Waals surface area (Å²) in [4.78, 5) is 46.2. The van der Waals surface area contributed by atoms with Gasteiger partial charge in [0.1, 0.15) is 0 Å². The Balaban J connectivity index is 1.30. The van der Waals surface area contributed by atoms with Crippen LogP contribution in [-0.4, -0.2) is 52.9 Å². The van der Waals surface area contributed by atoms with Crippen molar-refractivity contribution < 1.29 is 22.8 Å². The molecule has 0 unspecified atom stereocenters. The Hall–Kier alpha value is -3.67. The number of anilines is 2. The van der Waals surface area contributed by atoms with E-state index in [1.165, 1.54) is 35.7 Å². The molecule has 1 saturated heterocycles. The van der Waals surface area contributed by atoms with Crippen LogP contribution in [0.15, 0.2) is 52.8 Å². The van der Waals surface area contributed by atoms with Crippen molar-refractivity contribution in [1.82, 2.24) is 14.9 Å². The van der Waals surface area contributed by atoms with Crippen LogP contribution in [0.4, 0.5) is 24.0 Å². The number of halogens is 3. The number of nitrogens with zero attached hydrogens (tertiary/aromatic N) is 3. The third-order valence-corrected chi connectivity index (χ3v) is 6.13. The van der Waals surface area contributed by atoms with E-state index in [0.717, 1.165) is 12.1 Å². The van der Waals surface area contributed by atoms with E-state index in [9.17, 15) is 27.6 Å². The average Bonchev–Trinajstić information content (AvgIpc) is 3.25. The summed E-state index contributed by atoms with van der Waals surface area (Å²) in [6.07, 6.45) is -3.05. The van der Waals surface area contributed by atoms with Gasteiger partial charge in [0, 0.05) is 49.5 Å². The first-order valence-corrected chi connectivity index (χ1v) is 11.2. The van der Waals surface area contributed by atoms with Crippen LogP contribution in [0.2, 0.25) is 0 Å². The Kier molecular flexibility index (Phi) is 6.68. The van der Waals surface area contributed by atoms with Crippen molar-refractivity contribution in [2.75, 3.05) is 36.4 Å². The zero-order valence-corrected chi connectivity index (χ0v) is 18.6. The number of piperazine rings is 1. The van der Waals surface area contributed by atoms with Crippen molar-refractivity contribution in [3.63, 3.8) is 0 Å². The van der Waals surface area contributed by atoms with Crippen molar-refractivity contribution in [2.45, 2.75) is 12.6 Å². The summed E-state index contributed by atoms with van der Waals surface area (Å²) >= 11 is 1.18. The number of thiazole rings is 1. The number of hydrogen-bond acceptors (Lipinski definition) is 6. The van der Waals surface area contributed by atoms with Gasteiger partial charge in [0.2, 0.25) is 11.5 Å². The molecule has 1 fully saturated rings. The van der Waals surface area contributed by atoms with Crippen LogP contribution in [0.25, 0.3) is 0 Å². The highest BCUT2D eigenvalue weighted by molar-refractivity contribution is 7.14. The fourth-order valence-electron chi connectivity index (χ4n) is 3.53. The lowest BCUT2D eigenvalue weighted by Crippen LogP contribution is -2.49. The van der Waals surface area contributed by atoms with E-state index < -0.39 is 17.6 Å². The van der Waals surface area contributed by atoms with Gasteiger partial charge in [-0.2, -0.15) is 13.2 Å². The second-order valence-corrected chi connectivity index (χ2v) is 8.49. The monoisotopic (exact) mass is 491 g/mol. The van der Waals surface area contributed by atoms with Crippen molar-refractivity contribution in [3.05, 3.63) is 75.1 Å². The summed E-state index contributed by atoms with van der Waals surface area (Å²) in [5.41, 5.74) is 0.236. The van der Waals surface area contributed by atoms with Crippen molar-refractivity contribution in [2.24, 2.45) is 0 Å². The normalized spacial score (nSPS) is 14.2. The molecule has 178 valence electrons. The topological polar surface area (TPSA) is 98.4 Å². The molecular formula is C22H20F3N5O3S. The number of amides is 2. The molecule has 2 aromatic heterocycles. The van der Waals surface area contributed by atoms with Crippen LogP contribution < -0.4 is 15.8 Å². The number of aromatic nitrogens is 2. The van der Waals surface area contributed by atoms with Gasteiger partial charge in [0.05, 0.1) is 23.2 Å². The molecule has 0 bridgehead atoms. The molecule has 0 aliphatic carbocycles. The van der Waals surface area contributed by atoms with Crippen molar-refractivity contribution in [3.8, 4) is 0 Å². The van der Waals surface area contributed by atoms with E-state index in [1.54, 1.807) is 16.3 Å². The molecule has 2 N–H and O–H groups in total. The summed E-state index contributed by atoms with van der Waals surface area (Å²) in [7, 11) is 0. The van der Waals surface area contributed by atoms with Gasteiger partial charge in [-0.1, -0.05) is 6.07 Å². The van der Waals surface area contributed by atoms with E-state index in [2.05, 4.69) is 15.3 Å². The summed E-state index contributed by atoms with van der Waals surface area (Å²) < 4.78 is 38.9. The molecular weight excluding hydrogens is 471 g/mol. The predicted octanol–water partition coefficient (Wildman–Crippen LogP) is 2.99. The number of pyridine rings is 1. The van der Waals surface area contributed by atoms with Crippen LogP contribution in [0.5, 0.6) is 0 Å². The molecule has 4 rings (SSSR count). The first-order valence-electron chi connectivity index (χ1n) is 10.3. The number of benzene rings is 1. The van der Waals surface area contributed by atoms with Crippen LogP contribution in [-0.2, 0) is 17.4 Å². The fraction of sp³-hybridized carbons (Fsp3) is 0.273. The summed E-state index contributed by atoms with van der Waals surface area (Å²) in [6, 6.07) is 7.80. The Morgan fingerprint density at radius 3 is 2.56 bits per heavy atom. The maximum atomic E-state index is 13.0. The molecule has 3 aromatic rings. The Morgan fingerprint density at radius 2 is 1.88 bits per heavy atom. The molecule has 1 aliphatic heterocycles. The highest BCUT2D eigenvalue weighted by Crippen LogP contribution is 2.32. The maximum absolute atomic E-state index is 13.0. The standard InChI is InChI=1S/C22H20F3N5O3S/c23-22(24,25)15-2-1-3-17(10-15)29-6-8-30(9-7-29)19(32)11-16-13-34-21(27-16)28-20(33)14-4-5-18(31)26-12-14/h1-5,10,12-13H,6-9,11H2,(H,26,31)(H,27,28,33). The number of carbonyl (C=O) groups excluding carboxylic acids is 2. The van der Waals surface area contributed by atoms with E-state index >= 15 is 0 Å². The lowest BCUT2D eigenvalue weighted by atomic mass is 10.1. The largest absolute Gasteiger partial charge is 0.416 e. The van der Waals surface area contributed by atoms with Gasteiger partial charge in [-0.3, -0.25) is 19.7 Å². The van der Waals surface area contributed by atoms with E-state index in [0.29, 0.717) is 42.7 Å². The molecule has 0 saturated carbocycles. The number of nitrogens with one attached hydrogen (secondary N) is 2. The molecule has 0 spiro atoms. The third kappa shape index (κ3) is 5.63. The third-order valence-electron chi connectivity index (χ3n) is 5.32. The SMILES string of the molecule is O=C(Nc1nc(CC(=O)N2CCN(c3cccc(C(F)(F)F)c3)CC2)cs1)c1ccc(=O)[nH]c1. The predicted molar refractivity (Wildman–Crippen MR) is 121 cm³/mol. The Bertz CT molecular complexity index is 1230. The molecule has 1 aromatic carbocycles. The minimum atomic E-state index is -4.40. The van der Waals surface area contributed by atoms with Gasteiger partial charge in [-0.15, -0.1) is 11.3 Å². The number of H-pyrrole nitrogens is 1. The zero-order valence-electron chi connectivity index (χ0n) is 17.8. The minimum absolute atomic E-state index is 0.0502. The number of hydrogen-bond donors (Lipinski definition) is 2. The van der Waals surface area contributed by atoms with Gasteiger partial charge in [-0.05, 0) is 24.3 Å². The first kappa shape index (κ1) is 23.5. The van der Waals surface area contributed by atoms with Gasteiger partial charge < -0.3 is 14.8 Å². The Labute approximate surface area is 196 Å². The summed E-state index contributed by atoms with van der Waals surface area (Å²) in [5, 5.41) is 4.63. The van der Waals surface area contributed by atoms with Gasteiger partial charge >= 0.3 is 6.18 Å². The summed E-state index contributed by atoms with van der Waals surface area (Å²) in [6.45, 7) is 1.61. The van der Waals surface area contributed by atoms with E-state index in [1.807, 2.05) is 4.90 Å². The molecule has 0 radical (unpaired) electrons. The highest BCUT2D eigenvalue weighted by Gasteiger charge is 2.31. The first-order chi connectivity index (χ1) is 16.2. The highest BCUT2D eigenvalue weighted by atomic mass is 32.1. The quantitative estimate of drug-likeness (QED) is 0.572. The summed E-state index contributed by atoms with van der Waals surface area (Å²) in [5.74, 6) is -0.582. The molecule has 1 aliphatic rings. The van der Waals surface area contributed by atoms with Crippen molar-refractivity contribution >= 4 is 34.0 Å². The average molecular weight is 491 g/mol. The fourth-order valence-corrected chi connectivity index (χ4v) is 4.23. The van der Waals surface area contributed by atoms with Crippen LogP contribution in [0.1, 0.15) is 21.6 Å². The smallest absolute Gasteiger partial charge is 0.368 e. The number of carbonyl (C=O) groups is 2. The van der Waals surface area contributed by atoms with Gasteiger partial charge in [0.15, 0.2) is 5.13 Å². The number of rotatable bonds is 5. The minimum Gasteiger partial charge on any atom is -0.368 e. The lowest BCUT2D eigenvalue weighted by Gasteiger charge is -2.36. The van der Waals surface area contributed by atoms with Crippen LogP contribution >= 0.6 is 11.3 Å². The molecule has 8 nitrogen and oxygen atoms in total. The number of alkyl halides is 3. The zero-order chi connectivity index (χ0) is 24.3. The van der Waals surface area contributed by atoms with Gasteiger partial charge in [-0.25, -0.2) is 4.98 Å². The van der Waals surface area contributed by atoms with Crippen LogP contribution in [0.3, 0.4) is 0 Å². The van der Waals surface area contributed by atoms with Crippen molar-refractivity contribution in [1.29, 1.82) is 0 Å². The maximum Gasteiger partial charge on any atom is 0.416 e. The molecule has 0 atom stereocenters. The Morgan fingerprint density at radius 1 is 1.12 bits per heavy atom. The lowest BCUT2D eigenvalue weighted by molar-refractivity contribution is -0.137. The second kappa shape index (κ2) is 9.67. The molecule has 34 heavy (non-hydrogen) atoms. The van der Waals surface area contributed by atoms with Crippen LogP contribution in [0, 0.1) is 0 Å². The molecule has 3 heterocycles.